The Morgan fingerprint density at radius 2 is 1.43 bits per heavy atom. The van der Waals surface area contributed by atoms with Gasteiger partial charge in [0.1, 0.15) is 11.7 Å². The van der Waals surface area contributed by atoms with Crippen LogP contribution in [0.4, 0.5) is 0 Å². The lowest BCUT2D eigenvalue weighted by atomic mass is 9.49. The maximum Gasteiger partial charge on any atom is 0.311 e. The van der Waals surface area contributed by atoms with Crippen LogP contribution in [0.5, 0.6) is 0 Å². The van der Waals surface area contributed by atoms with Gasteiger partial charge in [0.15, 0.2) is 0 Å². The van der Waals surface area contributed by atoms with E-state index in [2.05, 4.69) is 13.8 Å². The molecule has 8 saturated carbocycles. The molecule has 8 atom stereocenters. The maximum absolute atomic E-state index is 13.9. The fourth-order valence-electron chi connectivity index (χ4n) is 11.5. The average molecular weight is 483 g/mol. The van der Waals surface area contributed by atoms with Crippen LogP contribution >= 0.6 is 0 Å². The van der Waals surface area contributed by atoms with Crippen LogP contribution in [0.25, 0.3) is 0 Å². The summed E-state index contributed by atoms with van der Waals surface area (Å²) < 4.78 is 12.9. The van der Waals surface area contributed by atoms with Crippen molar-refractivity contribution in [2.75, 3.05) is 0 Å². The lowest BCUT2D eigenvalue weighted by Crippen LogP contribution is -2.60. The zero-order chi connectivity index (χ0) is 24.3. The van der Waals surface area contributed by atoms with Gasteiger partial charge in [0.25, 0.3) is 0 Å². The van der Waals surface area contributed by atoms with E-state index >= 15 is 0 Å². The number of hydrogen-bond acceptors (Lipinski definition) is 4. The van der Waals surface area contributed by atoms with E-state index in [-0.39, 0.29) is 29.6 Å². The average Bonchev–Trinajstić information content (AvgIpc) is 3.60. The number of ether oxygens (including phenoxy) is 2. The van der Waals surface area contributed by atoms with Crippen LogP contribution in [-0.4, -0.2) is 23.6 Å². The van der Waals surface area contributed by atoms with Crippen LogP contribution in [0, 0.1) is 70.5 Å². The second-order valence-corrected chi connectivity index (χ2v) is 14.8. The van der Waals surface area contributed by atoms with Crippen LogP contribution in [0.3, 0.4) is 0 Å². The largest absolute Gasteiger partial charge is 0.462 e. The fourth-order valence-corrected chi connectivity index (χ4v) is 11.5. The third-order valence-corrected chi connectivity index (χ3v) is 13.1. The molecule has 0 N–H and O–H groups in total. The smallest absolute Gasteiger partial charge is 0.311 e. The van der Waals surface area contributed by atoms with Crippen molar-refractivity contribution in [3.63, 3.8) is 0 Å². The molecular formula is C31H46O4. The molecule has 0 amide bonds. The maximum atomic E-state index is 13.9. The first-order chi connectivity index (χ1) is 16.7. The van der Waals surface area contributed by atoms with Crippen LogP contribution in [0.1, 0.15) is 98.3 Å². The molecule has 8 unspecified atom stereocenters. The molecule has 0 aromatic rings. The van der Waals surface area contributed by atoms with Gasteiger partial charge in [-0.1, -0.05) is 13.8 Å². The number of hydrogen-bond donors (Lipinski definition) is 0. The summed E-state index contributed by atoms with van der Waals surface area (Å²) in [5.41, 5.74) is -0.584. The number of esters is 2. The van der Waals surface area contributed by atoms with Crippen molar-refractivity contribution >= 4 is 11.9 Å². The first kappa shape index (κ1) is 23.1. The molecule has 0 radical (unpaired) electrons. The minimum atomic E-state index is -0.407. The van der Waals surface area contributed by atoms with Crippen LogP contribution in [-0.2, 0) is 19.1 Å². The zero-order valence-electron chi connectivity index (χ0n) is 22.3. The van der Waals surface area contributed by atoms with Gasteiger partial charge in [-0.3, -0.25) is 9.59 Å². The Hall–Kier alpha value is -1.06. The third-order valence-electron chi connectivity index (χ3n) is 13.1. The molecule has 0 spiro atoms. The first-order valence-electron chi connectivity index (χ1n) is 15.2. The van der Waals surface area contributed by atoms with Crippen molar-refractivity contribution in [3.05, 3.63) is 0 Å². The van der Waals surface area contributed by atoms with Gasteiger partial charge >= 0.3 is 11.9 Å². The molecule has 4 heteroatoms. The molecule has 194 valence electrons. The van der Waals surface area contributed by atoms with Crippen LogP contribution in [0.2, 0.25) is 0 Å². The Bertz CT molecular complexity index is 878. The molecule has 4 nitrogen and oxygen atoms in total. The topological polar surface area (TPSA) is 52.6 Å². The summed E-state index contributed by atoms with van der Waals surface area (Å²) >= 11 is 0. The second-order valence-electron chi connectivity index (χ2n) is 14.8. The Balaban J connectivity index is 1.07. The highest BCUT2D eigenvalue weighted by Gasteiger charge is 2.67. The van der Waals surface area contributed by atoms with Crippen molar-refractivity contribution in [3.8, 4) is 0 Å². The van der Waals surface area contributed by atoms with E-state index < -0.39 is 5.41 Å². The van der Waals surface area contributed by atoms with Gasteiger partial charge in [0, 0.05) is 0 Å². The van der Waals surface area contributed by atoms with Crippen LogP contribution < -0.4 is 0 Å². The molecule has 8 rings (SSSR count). The van der Waals surface area contributed by atoms with Gasteiger partial charge in [-0.2, -0.15) is 0 Å². The summed E-state index contributed by atoms with van der Waals surface area (Å²) in [7, 11) is 0. The Morgan fingerprint density at radius 3 is 2.06 bits per heavy atom. The first-order valence-corrected chi connectivity index (χ1v) is 15.2. The quantitative estimate of drug-likeness (QED) is 0.324. The molecule has 8 aliphatic rings. The third kappa shape index (κ3) is 3.16. The highest BCUT2D eigenvalue weighted by Crippen LogP contribution is 2.70. The van der Waals surface area contributed by atoms with Gasteiger partial charge in [-0.15, -0.1) is 0 Å². The summed E-state index contributed by atoms with van der Waals surface area (Å²) in [6.07, 6.45) is 13.0. The van der Waals surface area contributed by atoms with E-state index in [0.29, 0.717) is 41.4 Å². The summed E-state index contributed by atoms with van der Waals surface area (Å²) in [6, 6.07) is 0. The Labute approximate surface area is 211 Å². The Kier molecular flexibility index (Phi) is 5.10. The fraction of sp³-hybridized carbons (Fsp3) is 0.935. The molecule has 35 heavy (non-hydrogen) atoms. The number of carbonyl (C=O) groups is 2. The highest BCUT2D eigenvalue weighted by atomic mass is 16.6. The summed E-state index contributed by atoms with van der Waals surface area (Å²) in [4.78, 5) is 26.8. The van der Waals surface area contributed by atoms with E-state index in [1.165, 1.54) is 44.9 Å². The molecule has 8 aliphatic carbocycles. The minimum Gasteiger partial charge on any atom is -0.462 e. The van der Waals surface area contributed by atoms with Gasteiger partial charge in [0.05, 0.1) is 11.3 Å². The van der Waals surface area contributed by atoms with Gasteiger partial charge in [-0.25, -0.2) is 0 Å². The van der Waals surface area contributed by atoms with E-state index in [1.807, 2.05) is 13.8 Å². The monoisotopic (exact) mass is 482 g/mol. The van der Waals surface area contributed by atoms with E-state index in [0.717, 1.165) is 43.4 Å². The molecule has 0 aromatic heterocycles. The van der Waals surface area contributed by atoms with E-state index in [9.17, 15) is 9.59 Å². The lowest BCUT2D eigenvalue weighted by molar-refractivity contribution is -0.217. The predicted molar refractivity (Wildman–Crippen MR) is 133 cm³/mol. The summed E-state index contributed by atoms with van der Waals surface area (Å²) in [5, 5.41) is 0. The van der Waals surface area contributed by atoms with E-state index in [4.69, 9.17) is 9.47 Å². The van der Waals surface area contributed by atoms with Gasteiger partial charge in [0.2, 0.25) is 0 Å². The normalized spacial score (nSPS) is 52.7. The number of rotatable bonds is 6. The van der Waals surface area contributed by atoms with Crippen molar-refractivity contribution < 1.29 is 19.1 Å². The van der Waals surface area contributed by atoms with Gasteiger partial charge < -0.3 is 9.47 Å². The van der Waals surface area contributed by atoms with Crippen molar-refractivity contribution in [1.82, 2.24) is 0 Å². The van der Waals surface area contributed by atoms with Crippen molar-refractivity contribution in [1.29, 1.82) is 0 Å². The molecule has 8 bridgehead atoms. The van der Waals surface area contributed by atoms with E-state index in [1.54, 1.807) is 0 Å². The summed E-state index contributed by atoms with van der Waals surface area (Å²) in [6.45, 7) is 8.35. The molecule has 0 aliphatic heterocycles. The molecule has 0 aromatic carbocycles. The van der Waals surface area contributed by atoms with Crippen molar-refractivity contribution in [2.45, 2.75) is 110 Å². The number of fused-ring (bicyclic) bond motifs is 9. The minimum absolute atomic E-state index is 0.0278. The molecule has 8 fully saturated rings. The summed E-state index contributed by atoms with van der Waals surface area (Å²) in [5.74, 6) is 6.86. The molecular weight excluding hydrogens is 436 g/mol. The predicted octanol–water partition coefficient (Wildman–Crippen LogP) is 6.41. The van der Waals surface area contributed by atoms with Crippen molar-refractivity contribution in [2.24, 2.45) is 70.5 Å². The standard InChI is InChI=1S/C31H46O4/c1-5-30(3,4)29(33)34-25-15-19-14-24(25)27-22-12-18(26(19)27)13-23(22)28(32)35-31(6-2)20-8-16-7-17(10-20)11-21(31)9-16/h16-27H,5-15H2,1-4H3. The van der Waals surface area contributed by atoms with Crippen LogP contribution in [0.15, 0.2) is 0 Å². The lowest BCUT2D eigenvalue weighted by Gasteiger charge is -2.60. The Morgan fingerprint density at radius 1 is 0.800 bits per heavy atom. The highest BCUT2D eigenvalue weighted by molar-refractivity contribution is 5.76. The molecule has 0 saturated heterocycles. The second kappa shape index (κ2) is 7.73. The molecule has 0 heterocycles. The zero-order valence-corrected chi connectivity index (χ0v) is 22.3. The number of carbonyl (C=O) groups excluding carboxylic acids is 2. The van der Waals surface area contributed by atoms with Gasteiger partial charge in [-0.05, 0) is 144 Å². The SMILES string of the molecule is CCC(C)(C)C(=O)OC1CC2CC1C1C3CC(CC3C(=O)OC3(CC)C4CC5CC(C4)CC3C5)C21.